The highest BCUT2D eigenvalue weighted by atomic mass is 35.5. The Morgan fingerprint density at radius 3 is 3.04 bits per heavy atom. The second-order valence-electron chi connectivity index (χ2n) is 6.32. The van der Waals surface area contributed by atoms with Crippen molar-refractivity contribution in [3.05, 3.63) is 34.9 Å². The zero-order valence-electron chi connectivity index (χ0n) is 15.8. The van der Waals surface area contributed by atoms with E-state index in [0.717, 1.165) is 43.5 Å². The summed E-state index contributed by atoms with van der Waals surface area (Å²) in [5, 5.41) is 11.2. The summed E-state index contributed by atoms with van der Waals surface area (Å²) in [6.07, 6.45) is 0.986. The molecule has 1 aliphatic heterocycles. The monoisotopic (exact) mass is 392 g/mol. The maximum atomic E-state index is 6.17. The van der Waals surface area contributed by atoms with E-state index in [1.54, 1.807) is 14.0 Å². The molecule has 146 valence electrons. The molecule has 1 atom stereocenters. The maximum Gasteiger partial charge on any atom is 0.248 e. The Morgan fingerprint density at radius 2 is 2.33 bits per heavy atom. The molecule has 3 rings (SSSR count). The SMILES string of the molecule is CCNC(=NCc1nc(C)no1)NC1CCN(c2cc(Cl)ccc2OC)C1. The summed E-state index contributed by atoms with van der Waals surface area (Å²) in [5.41, 5.74) is 1.01. The summed E-state index contributed by atoms with van der Waals surface area (Å²) in [4.78, 5) is 11.0. The number of halogens is 1. The first kappa shape index (κ1) is 19.3. The van der Waals surface area contributed by atoms with Crippen molar-refractivity contribution in [2.75, 3.05) is 31.6 Å². The van der Waals surface area contributed by atoms with E-state index in [9.17, 15) is 0 Å². The second kappa shape index (κ2) is 8.94. The van der Waals surface area contributed by atoms with Crippen LogP contribution in [0.25, 0.3) is 0 Å². The topological polar surface area (TPSA) is 87.8 Å². The standard InChI is InChI=1S/C18H25ClN6O2/c1-4-20-18(21-10-17-22-12(2)24-27-17)23-14-7-8-25(11-14)15-9-13(19)5-6-16(15)26-3/h5-6,9,14H,4,7-8,10-11H2,1-3H3,(H2,20,21,23). The summed E-state index contributed by atoms with van der Waals surface area (Å²) in [5.74, 6) is 2.67. The van der Waals surface area contributed by atoms with Gasteiger partial charge in [0.25, 0.3) is 0 Å². The lowest BCUT2D eigenvalue weighted by atomic mass is 10.2. The molecule has 1 unspecified atom stereocenters. The van der Waals surface area contributed by atoms with Crippen molar-refractivity contribution < 1.29 is 9.26 Å². The Hall–Kier alpha value is -2.48. The summed E-state index contributed by atoms with van der Waals surface area (Å²) in [7, 11) is 1.67. The van der Waals surface area contributed by atoms with Gasteiger partial charge in [0.2, 0.25) is 5.89 Å². The fourth-order valence-electron chi connectivity index (χ4n) is 3.07. The lowest BCUT2D eigenvalue weighted by Crippen LogP contribution is -2.44. The summed E-state index contributed by atoms with van der Waals surface area (Å²) in [6.45, 7) is 6.68. The molecule has 0 aliphatic carbocycles. The second-order valence-corrected chi connectivity index (χ2v) is 6.76. The fourth-order valence-corrected chi connectivity index (χ4v) is 3.24. The van der Waals surface area contributed by atoms with Crippen molar-refractivity contribution in [1.29, 1.82) is 0 Å². The van der Waals surface area contributed by atoms with Crippen LogP contribution in [0.5, 0.6) is 5.75 Å². The largest absolute Gasteiger partial charge is 0.495 e. The summed E-state index contributed by atoms with van der Waals surface area (Å²) < 4.78 is 10.6. The number of aryl methyl sites for hydroxylation is 1. The lowest BCUT2D eigenvalue weighted by molar-refractivity contribution is 0.376. The van der Waals surface area contributed by atoms with Crippen LogP contribution in [-0.4, -0.2) is 48.9 Å². The Morgan fingerprint density at radius 1 is 1.48 bits per heavy atom. The summed E-state index contributed by atoms with van der Waals surface area (Å²) in [6, 6.07) is 5.94. The third-order valence-electron chi connectivity index (χ3n) is 4.30. The fraction of sp³-hybridized carbons (Fsp3) is 0.500. The number of methoxy groups -OCH3 is 1. The van der Waals surface area contributed by atoms with Crippen molar-refractivity contribution in [2.24, 2.45) is 4.99 Å². The number of nitrogens with one attached hydrogen (secondary N) is 2. The number of aliphatic imine (C=N–C) groups is 1. The van der Waals surface area contributed by atoms with Crippen molar-refractivity contribution in [1.82, 2.24) is 20.8 Å². The molecule has 1 saturated heterocycles. The highest BCUT2D eigenvalue weighted by Crippen LogP contribution is 2.33. The lowest BCUT2D eigenvalue weighted by Gasteiger charge is -2.22. The highest BCUT2D eigenvalue weighted by molar-refractivity contribution is 6.30. The van der Waals surface area contributed by atoms with Gasteiger partial charge in [-0.05, 0) is 38.5 Å². The third-order valence-corrected chi connectivity index (χ3v) is 4.53. The van der Waals surface area contributed by atoms with Crippen LogP contribution >= 0.6 is 11.6 Å². The molecule has 2 N–H and O–H groups in total. The van der Waals surface area contributed by atoms with Crippen LogP contribution in [-0.2, 0) is 6.54 Å². The predicted octanol–water partition coefficient (Wildman–Crippen LogP) is 2.37. The van der Waals surface area contributed by atoms with E-state index in [4.69, 9.17) is 20.9 Å². The molecule has 1 aliphatic rings. The number of hydrogen-bond acceptors (Lipinski definition) is 6. The zero-order valence-corrected chi connectivity index (χ0v) is 16.6. The third kappa shape index (κ3) is 5.03. The molecule has 2 heterocycles. The van der Waals surface area contributed by atoms with Gasteiger partial charge in [-0.3, -0.25) is 0 Å². The van der Waals surface area contributed by atoms with Crippen molar-refractivity contribution in [2.45, 2.75) is 32.9 Å². The van der Waals surface area contributed by atoms with E-state index in [-0.39, 0.29) is 6.04 Å². The van der Waals surface area contributed by atoms with Crippen LogP contribution in [0.2, 0.25) is 5.02 Å². The minimum absolute atomic E-state index is 0.260. The molecule has 1 aromatic heterocycles. The van der Waals surface area contributed by atoms with Gasteiger partial charge in [0.05, 0.1) is 12.8 Å². The van der Waals surface area contributed by atoms with Crippen LogP contribution in [0.4, 0.5) is 5.69 Å². The van der Waals surface area contributed by atoms with Crippen molar-refractivity contribution in [3.63, 3.8) is 0 Å². The Labute approximate surface area is 163 Å². The molecule has 1 aromatic carbocycles. The Kier molecular flexibility index (Phi) is 6.39. The van der Waals surface area contributed by atoms with Gasteiger partial charge in [0.15, 0.2) is 11.8 Å². The first-order valence-corrected chi connectivity index (χ1v) is 9.39. The molecule has 8 nitrogen and oxygen atoms in total. The number of nitrogens with zero attached hydrogens (tertiary/aromatic N) is 4. The van der Waals surface area contributed by atoms with Crippen LogP contribution in [0.15, 0.2) is 27.7 Å². The zero-order chi connectivity index (χ0) is 19.2. The normalized spacial score (nSPS) is 17.3. The van der Waals surface area contributed by atoms with E-state index >= 15 is 0 Å². The highest BCUT2D eigenvalue weighted by Gasteiger charge is 2.25. The van der Waals surface area contributed by atoms with Gasteiger partial charge in [0, 0.05) is 30.7 Å². The van der Waals surface area contributed by atoms with E-state index in [0.29, 0.717) is 23.3 Å². The number of hydrogen-bond donors (Lipinski definition) is 2. The maximum absolute atomic E-state index is 6.17. The molecule has 2 aromatic rings. The van der Waals surface area contributed by atoms with Crippen LogP contribution in [0.1, 0.15) is 25.1 Å². The minimum atomic E-state index is 0.260. The number of ether oxygens (including phenoxy) is 1. The number of rotatable bonds is 6. The van der Waals surface area contributed by atoms with Crippen LogP contribution in [0.3, 0.4) is 0 Å². The van der Waals surface area contributed by atoms with E-state index < -0.39 is 0 Å². The number of anilines is 1. The average molecular weight is 393 g/mol. The smallest absolute Gasteiger partial charge is 0.248 e. The van der Waals surface area contributed by atoms with Gasteiger partial charge < -0.3 is 24.8 Å². The molecule has 27 heavy (non-hydrogen) atoms. The molecule has 0 radical (unpaired) electrons. The van der Waals surface area contributed by atoms with Gasteiger partial charge >= 0.3 is 0 Å². The molecular weight excluding hydrogens is 368 g/mol. The van der Waals surface area contributed by atoms with Crippen molar-refractivity contribution >= 4 is 23.2 Å². The van der Waals surface area contributed by atoms with Gasteiger partial charge in [0.1, 0.15) is 12.3 Å². The molecule has 9 heteroatoms. The summed E-state index contributed by atoms with van der Waals surface area (Å²) >= 11 is 6.17. The quantitative estimate of drug-likeness (QED) is 0.576. The first-order valence-electron chi connectivity index (χ1n) is 9.01. The van der Waals surface area contributed by atoms with E-state index in [2.05, 4.69) is 30.7 Å². The van der Waals surface area contributed by atoms with Crippen LogP contribution < -0.4 is 20.3 Å². The molecule has 0 saturated carbocycles. The van der Waals surface area contributed by atoms with E-state index in [1.165, 1.54) is 0 Å². The molecule has 0 bridgehead atoms. The van der Waals surface area contributed by atoms with Crippen LogP contribution in [0, 0.1) is 6.92 Å². The predicted molar refractivity (Wildman–Crippen MR) is 106 cm³/mol. The molecule has 0 spiro atoms. The van der Waals surface area contributed by atoms with E-state index in [1.807, 2.05) is 25.1 Å². The van der Waals surface area contributed by atoms with Gasteiger partial charge in [-0.25, -0.2) is 4.99 Å². The average Bonchev–Trinajstić information content (AvgIpc) is 3.29. The molecule has 0 amide bonds. The number of guanidine groups is 1. The molecular formula is C18H25ClN6O2. The first-order chi connectivity index (χ1) is 13.1. The van der Waals surface area contributed by atoms with Gasteiger partial charge in [-0.15, -0.1) is 0 Å². The van der Waals surface area contributed by atoms with Gasteiger partial charge in [-0.1, -0.05) is 16.8 Å². The molecule has 1 fully saturated rings. The Balaban J connectivity index is 1.64. The Bertz CT molecular complexity index is 794. The number of benzene rings is 1. The van der Waals surface area contributed by atoms with Gasteiger partial charge in [-0.2, -0.15) is 4.98 Å². The van der Waals surface area contributed by atoms with Crippen molar-refractivity contribution in [3.8, 4) is 5.75 Å². The number of aromatic nitrogens is 2. The minimum Gasteiger partial charge on any atom is -0.495 e.